The average Bonchev–Trinajstić information content (AvgIpc) is 3.08. The summed E-state index contributed by atoms with van der Waals surface area (Å²) in [5.74, 6) is 1.09. The van der Waals surface area contributed by atoms with Crippen molar-refractivity contribution >= 4 is 34.4 Å². The maximum Gasteiger partial charge on any atom is 0.128 e. The van der Waals surface area contributed by atoms with Gasteiger partial charge in [-0.15, -0.1) is 11.3 Å². The number of nitrogens with zero attached hydrogens (tertiary/aromatic N) is 2. The molecule has 1 aliphatic rings. The van der Waals surface area contributed by atoms with Gasteiger partial charge in [0.05, 0.1) is 16.9 Å². The van der Waals surface area contributed by atoms with Crippen LogP contribution >= 0.6 is 22.9 Å². The lowest BCUT2D eigenvalue weighted by molar-refractivity contribution is 0.937. The quantitative estimate of drug-likeness (QED) is 0.923. The number of pyridine rings is 1. The Hall–Kier alpha value is -1.26. The van der Waals surface area contributed by atoms with Gasteiger partial charge in [-0.1, -0.05) is 11.6 Å². The topological polar surface area (TPSA) is 28.2 Å². The molecule has 0 radical (unpaired) electrons. The number of halogens is 1. The fraction of sp³-hybridized carbons (Fsp3) is 0.357. The molecule has 2 aromatic rings. The first-order valence-electron chi connectivity index (χ1n) is 6.49. The molecule has 3 rings (SSSR count). The van der Waals surface area contributed by atoms with Crippen LogP contribution in [0.4, 0.5) is 11.5 Å². The highest BCUT2D eigenvalue weighted by molar-refractivity contribution is 7.10. The van der Waals surface area contributed by atoms with Gasteiger partial charge in [-0.05, 0) is 31.0 Å². The molecular weight excluding hydrogens is 278 g/mol. The zero-order valence-electron chi connectivity index (χ0n) is 10.6. The average molecular weight is 294 g/mol. The lowest BCUT2D eigenvalue weighted by atomic mass is 10.3. The van der Waals surface area contributed by atoms with Gasteiger partial charge in [-0.2, -0.15) is 0 Å². The summed E-state index contributed by atoms with van der Waals surface area (Å²) in [6.07, 6.45) is 4.46. The van der Waals surface area contributed by atoms with Crippen molar-refractivity contribution in [2.75, 3.05) is 23.3 Å². The van der Waals surface area contributed by atoms with Crippen molar-refractivity contribution < 1.29 is 0 Å². The molecule has 100 valence electrons. The summed E-state index contributed by atoms with van der Waals surface area (Å²) in [7, 11) is 0. The summed E-state index contributed by atoms with van der Waals surface area (Å²) in [4.78, 5) is 8.09. The molecule has 0 amide bonds. The van der Waals surface area contributed by atoms with Crippen molar-refractivity contribution in [2.24, 2.45) is 0 Å². The van der Waals surface area contributed by atoms with Gasteiger partial charge >= 0.3 is 0 Å². The van der Waals surface area contributed by atoms with E-state index in [0.717, 1.165) is 36.2 Å². The lowest BCUT2D eigenvalue weighted by Crippen LogP contribution is -2.18. The first-order chi connectivity index (χ1) is 9.31. The largest absolute Gasteiger partial charge is 0.379 e. The highest BCUT2D eigenvalue weighted by atomic mass is 35.5. The van der Waals surface area contributed by atoms with Crippen LogP contribution in [-0.4, -0.2) is 18.1 Å². The minimum atomic E-state index is 0.794. The Bertz CT molecular complexity index is 532. The molecule has 0 spiro atoms. The Morgan fingerprint density at radius 1 is 1.32 bits per heavy atom. The van der Waals surface area contributed by atoms with Crippen LogP contribution in [0.5, 0.6) is 0 Å². The number of rotatable bonds is 4. The molecule has 0 saturated carbocycles. The molecular formula is C14H16ClN3S. The van der Waals surface area contributed by atoms with E-state index >= 15 is 0 Å². The summed E-state index contributed by atoms with van der Waals surface area (Å²) in [5, 5.41) is 6.12. The fourth-order valence-corrected chi connectivity index (χ4v) is 3.27. The van der Waals surface area contributed by atoms with Crippen molar-refractivity contribution in [3.8, 4) is 0 Å². The van der Waals surface area contributed by atoms with Crippen LogP contribution in [0.2, 0.25) is 5.02 Å². The van der Waals surface area contributed by atoms with E-state index in [1.165, 1.54) is 17.7 Å². The van der Waals surface area contributed by atoms with Gasteiger partial charge in [-0.25, -0.2) is 4.98 Å². The fourth-order valence-electron chi connectivity index (χ4n) is 2.26. The summed E-state index contributed by atoms with van der Waals surface area (Å²) in [6.45, 7) is 3.06. The molecule has 0 aliphatic carbocycles. The third kappa shape index (κ3) is 3.19. The number of nitrogens with one attached hydrogen (secondary N) is 1. The summed E-state index contributed by atoms with van der Waals surface area (Å²) < 4.78 is 0. The van der Waals surface area contributed by atoms with Gasteiger partial charge in [0.1, 0.15) is 5.82 Å². The van der Waals surface area contributed by atoms with Crippen LogP contribution in [0.25, 0.3) is 0 Å². The molecule has 1 saturated heterocycles. The monoisotopic (exact) mass is 293 g/mol. The molecule has 2 aromatic heterocycles. The predicted octanol–water partition coefficient (Wildman–Crippen LogP) is 4.01. The summed E-state index contributed by atoms with van der Waals surface area (Å²) in [6, 6.07) is 6.18. The van der Waals surface area contributed by atoms with E-state index in [1.54, 1.807) is 11.3 Å². The smallest absolute Gasteiger partial charge is 0.128 e. The molecule has 0 unspecified atom stereocenters. The zero-order valence-corrected chi connectivity index (χ0v) is 12.2. The third-order valence-corrected chi connectivity index (χ3v) is 4.55. The molecule has 19 heavy (non-hydrogen) atoms. The molecule has 0 bridgehead atoms. The minimum absolute atomic E-state index is 0.794. The highest BCUT2D eigenvalue weighted by Gasteiger charge is 2.12. The van der Waals surface area contributed by atoms with Crippen molar-refractivity contribution in [1.82, 2.24) is 4.98 Å². The molecule has 5 heteroatoms. The van der Waals surface area contributed by atoms with E-state index < -0.39 is 0 Å². The van der Waals surface area contributed by atoms with Gasteiger partial charge in [0.15, 0.2) is 0 Å². The molecule has 0 atom stereocenters. The molecule has 0 aromatic carbocycles. The zero-order chi connectivity index (χ0) is 13.1. The molecule has 3 nitrogen and oxygen atoms in total. The van der Waals surface area contributed by atoms with Gasteiger partial charge < -0.3 is 10.2 Å². The van der Waals surface area contributed by atoms with Crippen LogP contribution in [0, 0.1) is 0 Å². The van der Waals surface area contributed by atoms with E-state index in [0.29, 0.717) is 0 Å². The van der Waals surface area contributed by atoms with Crippen molar-refractivity contribution in [2.45, 2.75) is 19.4 Å². The van der Waals surface area contributed by atoms with E-state index in [4.69, 9.17) is 11.6 Å². The number of aromatic nitrogens is 1. The number of hydrogen-bond donors (Lipinski definition) is 1. The van der Waals surface area contributed by atoms with Crippen molar-refractivity contribution in [3.63, 3.8) is 0 Å². The predicted molar refractivity (Wildman–Crippen MR) is 82.3 cm³/mol. The molecule has 1 fully saturated rings. The van der Waals surface area contributed by atoms with E-state index in [1.807, 2.05) is 17.6 Å². The van der Waals surface area contributed by atoms with Crippen LogP contribution in [-0.2, 0) is 6.54 Å². The van der Waals surface area contributed by atoms with Crippen LogP contribution in [0.15, 0.2) is 29.8 Å². The Morgan fingerprint density at radius 2 is 2.16 bits per heavy atom. The number of thiophene rings is 1. The maximum atomic E-state index is 5.90. The second-order valence-corrected chi connectivity index (χ2v) is 6.12. The molecule has 3 heterocycles. The normalized spacial score (nSPS) is 14.9. The number of hydrogen-bond acceptors (Lipinski definition) is 4. The maximum absolute atomic E-state index is 5.90. The summed E-state index contributed by atoms with van der Waals surface area (Å²) >= 11 is 7.57. The Balaban J connectivity index is 1.59. The Kier molecular flexibility index (Phi) is 3.89. The highest BCUT2D eigenvalue weighted by Crippen LogP contribution is 2.22. The van der Waals surface area contributed by atoms with Gasteiger partial charge in [0.2, 0.25) is 0 Å². The SMILES string of the molecule is Clc1csc(CNc2ccc(N3CCCC3)nc2)c1. The Labute approximate surface area is 122 Å². The second kappa shape index (κ2) is 5.80. The molecule has 1 N–H and O–H groups in total. The van der Waals surface area contributed by atoms with Crippen molar-refractivity contribution in [3.05, 3.63) is 39.7 Å². The van der Waals surface area contributed by atoms with E-state index in [9.17, 15) is 0 Å². The lowest BCUT2D eigenvalue weighted by Gasteiger charge is -2.16. The standard InChI is InChI=1S/C14H16ClN3S/c15-11-7-13(19-10-11)9-16-12-3-4-14(17-8-12)18-5-1-2-6-18/h3-4,7-8,10,16H,1-2,5-6,9H2. The van der Waals surface area contributed by atoms with E-state index in [-0.39, 0.29) is 0 Å². The van der Waals surface area contributed by atoms with Crippen LogP contribution < -0.4 is 10.2 Å². The Morgan fingerprint density at radius 3 is 2.79 bits per heavy atom. The minimum Gasteiger partial charge on any atom is -0.379 e. The number of anilines is 2. The van der Waals surface area contributed by atoms with Crippen molar-refractivity contribution in [1.29, 1.82) is 0 Å². The first-order valence-corrected chi connectivity index (χ1v) is 7.75. The second-order valence-electron chi connectivity index (χ2n) is 4.68. The van der Waals surface area contributed by atoms with Crippen LogP contribution in [0.3, 0.4) is 0 Å². The van der Waals surface area contributed by atoms with Gasteiger partial charge in [0, 0.05) is 29.9 Å². The first kappa shape index (κ1) is 12.8. The van der Waals surface area contributed by atoms with Gasteiger partial charge in [0.25, 0.3) is 0 Å². The molecule has 1 aliphatic heterocycles. The van der Waals surface area contributed by atoms with Crippen LogP contribution in [0.1, 0.15) is 17.7 Å². The third-order valence-electron chi connectivity index (χ3n) is 3.27. The van der Waals surface area contributed by atoms with E-state index in [2.05, 4.69) is 27.3 Å². The summed E-state index contributed by atoms with van der Waals surface area (Å²) in [5.41, 5.74) is 1.05. The van der Waals surface area contributed by atoms with Gasteiger partial charge in [-0.3, -0.25) is 0 Å².